The van der Waals surface area contributed by atoms with Crippen LogP contribution in [-0.2, 0) is 9.53 Å². The van der Waals surface area contributed by atoms with E-state index in [1.54, 1.807) is 31.2 Å². The predicted molar refractivity (Wildman–Crippen MR) is 97.5 cm³/mol. The van der Waals surface area contributed by atoms with Crippen molar-refractivity contribution in [3.05, 3.63) is 69.8 Å². The zero-order valence-electron chi connectivity index (χ0n) is 15.0. The van der Waals surface area contributed by atoms with Gasteiger partial charge in [0.1, 0.15) is 5.75 Å². The number of hydrogen-bond acceptors (Lipinski definition) is 6. The van der Waals surface area contributed by atoms with Crippen molar-refractivity contribution in [2.75, 3.05) is 13.7 Å². The summed E-state index contributed by atoms with van der Waals surface area (Å²) in [6.45, 7) is 1.93. The molecule has 8 nitrogen and oxygen atoms in total. The SMILES string of the molecule is CCOC(=O)C[C@H](NC(=O)c1cccc([N+](=O)[O-])c1)c1ccc(OC)cc1. The number of amides is 1. The Morgan fingerprint density at radius 3 is 2.48 bits per heavy atom. The van der Waals surface area contributed by atoms with Crippen LogP contribution >= 0.6 is 0 Å². The molecule has 27 heavy (non-hydrogen) atoms. The van der Waals surface area contributed by atoms with Crippen molar-refractivity contribution >= 4 is 17.6 Å². The molecule has 0 aliphatic heterocycles. The molecule has 2 rings (SSSR count). The smallest absolute Gasteiger partial charge is 0.308 e. The normalized spacial score (nSPS) is 11.3. The Hall–Kier alpha value is -3.42. The van der Waals surface area contributed by atoms with E-state index in [1.165, 1.54) is 31.4 Å². The van der Waals surface area contributed by atoms with Crippen molar-refractivity contribution < 1.29 is 24.0 Å². The number of carbonyl (C=O) groups is 2. The maximum Gasteiger partial charge on any atom is 0.308 e. The van der Waals surface area contributed by atoms with Crippen LogP contribution in [0, 0.1) is 10.1 Å². The standard InChI is InChI=1S/C19H20N2O6/c1-3-27-18(22)12-17(13-7-9-16(26-2)10-8-13)20-19(23)14-5-4-6-15(11-14)21(24)25/h4-11,17H,3,12H2,1-2H3,(H,20,23)/t17-/m0/s1. The van der Waals surface area contributed by atoms with Gasteiger partial charge in [-0.15, -0.1) is 0 Å². The van der Waals surface area contributed by atoms with Crippen LogP contribution in [0.25, 0.3) is 0 Å². The number of esters is 1. The van der Waals surface area contributed by atoms with E-state index in [1.807, 2.05) is 0 Å². The first-order chi connectivity index (χ1) is 12.9. The van der Waals surface area contributed by atoms with Crippen molar-refractivity contribution in [3.8, 4) is 5.75 Å². The Kier molecular flexibility index (Phi) is 6.87. The second-order valence-corrected chi connectivity index (χ2v) is 5.62. The Morgan fingerprint density at radius 1 is 1.19 bits per heavy atom. The molecule has 0 aliphatic rings. The number of non-ortho nitro benzene ring substituents is 1. The highest BCUT2D eigenvalue weighted by atomic mass is 16.6. The molecule has 0 spiro atoms. The number of rotatable bonds is 8. The van der Waals surface area contributed by atoms with Crippen LogP contribution in [0.5, 0.6) is 5.75 Å². The van der Waals surface area contributed by atoms with Crippen molar-refractivity contribution in [2.45, 2.75) is 19.4 Å². The van der Waals surface area contributed by atoms with Gasteiger partial charge in [-0.3, -0.25) is 19.7 Å². The molecule has 0 bridgehead atoms. The van der Waals surface area contributed by atoms with Gasteiger partial charge in [0.15, 0.2) is 0 Å². The first-order valence-electron chi connectivity index (χ1n) is 8.29. The van der Waals surface area contributed by atoms with Gasteiger partial charge in [0.25, 0.3) is 11.6 Å². The van der Waals surface area contributed by atoms with Gasteiger partial charge in [0.05, 0.1) is 31.1 Å². The molecule has 0 radical (unpaired) electrons. The summed E-state index contributed by atoms with van der Waals surface area (Å²) in [5.74, 6) is -0.347. The number of methoxy groups -OCH3 is 1. The molecule has 1 N–H and O–H groups in total. The van der Waals surface area contributed by atoms with Gasteiger partial charge in [-0.25, -0.2) is 0 Å². The number of nitro groups is 1. The average Bonchev–Trinajstić information content (AvgIpc) is 2.67. The van der Waals surface area contributed by atoms with E-state index >= 15 is 0 Å². The molecule has 1 atom stereocenters. The average molecular weight is 372 g/mol. The molecule has 0 saturated carbocycles. The third kappa shape index (κ3) is 5.53. The summed E-state index contributed by atoms with van der Waals surface area (Å²) in [7, 11) is 1.54. The first kappa shape index (κ1) is 19.9. The topological polar surface area (TPSA) is 108 Å². The van der Waals surface area contributed by atoms with Crippen molar-refractivity contribution in [1.29, 1.82) is 0 Å². The number of ether oxygens (including phenoxy) is 2. The Morgan fingerprint density at radius 2 is 1.89 bits per heavy atom. The number of nitrogens with zero attached hydrogens (tertiary/aromatic N) is 1. The van der Waals surface area contributed by atoms with Crippen LogP contribution in [0.1, 0.15) is 35.3 Å². The number of hydrogen-bond donors (Lipinski definition) is 1. The van der Waals surface area contributed by atoms with E-state index in [0.717, 1.165) is 0 Å². The van der Waals surface area contributed by atoms with E-state index in [0.29, 0.717) is 11.3 Å². The number of benzene rings is 2. The Bertz CT molecular complexity index is 819. The third-order valence-electron chi connectivity index (χ3n) is 3.82. The Labute approximate surface area is 156 Å². The molecule has 0 saturated heterocycles. The van der Waals surface area contributed by atoms with Gasteiger partial charge in [0, 0.05) is 17.7 Å². The van der Waals surface area contributed by atoms with Crippen LogP contribution < -0.4 is 10.1 Å². The van der Waals surface area contributed by atoms with E-state index in [4.69, 9.17) is 9.47 Å². The summed E-state index contributed by atoms with van der Waals surface area (Å²) in [6, 6.07) is 11.6. The van der Waals surface area contributed by atoms with Crippen molar-refractivity contribution in [2.24, 2.45) is 0 Å². The summed E-state index contributed by atoms with van der Waals surface area (Å²) in [4.78, 5) is 34.8. The highest BCUT2D eigenvalue weighted by Crippen LogP contribution is 2.22. The molecular weight excluding hydrogens is 352 g/mol. The molecule has 1 amide bonds. The fourth-order valence-corrected chi connectivity index (χ4v) is 2.48. The van der Waals surface area contributed by atoms with Crippen molar-refractivity contribution in [3.63, 3.8) is 0 Å². The van der Waals surface area contributed by atoms with E-state index in [9.17, 15) is 19.7 Å². The van der Waals surface area contributed by atoms with Crippen LogP contribution in [0.15, 0.2) is 48.5 Å². The lowest BCUT2D eigenvalue weighted by Gasteiger charge is -2.19. The van der Waals surface area contributed by atoms with E-state index in [-0.39, 0.29) is 24.3 Å². The van der Waals surface area contributed by atoms with Gasteiger partial charge < -0.3 is 14.8 Å². The van der Waals surface area contributed by atoms with Crippen LogP contribution in [-0.4, -0.2) is 30.5 Å². The maximum absolute atomic E-state index is 12.6. The van der Waals surface area contributed by atoms with Gasteiger partial charge >= 0.3 is 5.97 Å². The second kappa shape index (κ2) is 9.33. The largest absolute Gasteiger partial charge is 0.497 e. The molecule has 2 aromatic carbocycles. The Balaban J connectivity index is 2.24. The molecule has 0 aromatic heterocycles. The maximum atomic E-state index is 12.6. The minimum absolute atomic E-state index is 0.0686. The highest BCUT2D eigenvalue weighted by molar-refractivity contribution is 5.95. The summed E-state index contributed by atoms with van der Waals surface area (Å²) >= 11 is 0. The highest BCUT2D eigenvalue weighted by Gasteiger charge is 2.21. The fraction of sp³-hybridized carbons (Fsp3) is 0.263. The summed E-state index contributed by atoms with van der Waals surface area (Å²) < 4.78 is 10.1. The van der Waals surface area contributed by atoms with Crippen LogP contribution in [0.3, 0.4) is 0 Å². The van der Waals surface area contributed by atoms with Crippen molar-refractivity contribution in [1.82, 2.24) is 5.32 Å². The lowest BCUT2D eigenvalue weighted by Crippen LogP contribution is -2.30. The van der Waals surface area contributed by atoms with Gasteiger partial charge in [-0.2, -0.15) is 0 Å². The van der Waals surface area contributed by atoms with Gasteiger partial charge in [0.2, 0.25) is 0 Å². The number of nitro benzene ring substituents is 1. The summed E-state index contributed by atoms with van der Waals surface area (Å²) in [6.07, 6.45) is -0.0686. The minimum Gasteiger partial charge on any atom is -0.497 e. The van der Waals surface area contributed by atoms with Gasteiger partial charge in [-0.1, -0.05) is 18.2 Å². The first-order valence-corrected chi connectivity index (χ1v) is 8.29. The molecule has 0 fully saturated rings. The lowest BCUT2D eigenvalue weighted by atomic mass is 10.0. The second-order valence-electron chi connectivity index (χ2n) is 5.62. The molecule has 0 heterocycles. The minimum atomic E-state index is -0.651. The molecular formula is C19H20N2O6. The monoisotopic (exact) mass is 372 g/mol. The molecule has 2 aromatic rings. The third-order valence-corrected chi connectivity index (χ3v) is 3.82. The van der Waals surface area contributed by atoms with Crippen LogP contribution in [0.4, 0.5) is 5.69 Å². The molecule has 8 heteroatoms. The zero-order valence-corrected chi connectivity index (χ0v) is 15.0. The fourth-order valence-electron chi connectivity index (χ4n) is 2.48. The summed E-state index contributed by atoms with van der Waals surface area (Å²) in [5.41, 5.74) is 0.628. The van der Waals surface area contributed by atoms with E-state index in [2.05, 4.69) is 5.32 Å². The van der Waals surface area contributed by atoms with E-state index < -0.39 is 22.8 Å². The number of nitrogens with one attached hydrogen (secondary N) is 1. The zero-order chi connectivity index (χ0) is 19.8. The van der Waals surface area contributed by atoms with Gasteiger partial charge in [-0.05, 0) is 30.7 Å². The molecule has 0 aliphatic carbocycles. The van der Waals surface area contributed by atoms with Crippen LogP contribution in [0.2, 0.25) is 0 Å². The molecule has 142 valence electrons. The summed E-state index contributed by atoms with van der Waals surface area (Å²) in [5, 5.41) is 13.6. The molecule has 0 unspecified atom stereocenters. The number of carbonyl (C=O) groups excluding carboxylic acids is 2. The quantitative estimate of drug-likeness (QED) is 0.433. The lowest BCUT2D eigenvalue weighted by molar-refractivity contribution is -0.384. The predicted octanol–water partition coefficient (Wildman–Crippen LogP) is 3.03.